The summed E-state index contributed by atoms with van der Waals surface area (Å²) >= 11 is 1.59. The van der Waals surface area contributed by atoms with Gasteiger partial charge in [0.2, 0.25) is 0 Å². The molecule has 1 aromatic carbocycles. The van der Waals surface area contributed by atoms with Crippen molar-refractivity contribution in [1.29, 1.82) is 0 Å². The largest absolute Gasteiger partial charge is 0.483 e. The zero-order valence-electron chi connectivity index (χ0n) is 10.4. The Labute approximate surface area is 110 Å². The lowest BCUT2D eigenvalue weighted by Crippen LogP contribution is -2.19. The van der Waals surface area contributed by atoms with Gasteiger partial charge in [-0.1, -0.05) is 11.6 Å². The molecule has 0 aliphatic carbocycles. The molecule has 94 valence electrons. The van der Waals surface area contributed by atoms with Crippen molar-refractivity contribution in [3.63, 3.8) is 0 Å². The summed E-state index contributed by atoms with van der Waals surface area (Å²) in [5.41, 5.74) is 3.03. The highest BCUT2D eigenvalue weighted by Gasteiger charge is 2.29. The highest BCUT2D eigenvalue weighted by Crippen LogP contribution is 2.41. The number of hydrogen-bond donors (Lipinski definition) is 1. The van der Waals surface area contributed by atoms with E-state index in [9.17, 15) is 5.11 Å². The van der Waals surface area contributed by atoms with E-state index in [0.29, 0.717) is 6.42 Å². The van der Waals surface area contributed by atoms with Gasteiger partial charge < -0.3 is 9.84 Å². The van der Waals surface area contributed by atoms with Gasteiger partial charge in [0.15, 0.2) is 6.10 Å². The monoisotopic (exact) mass is 261 g/mol. The maximum Gasteiger partial charge on any atom is 0.153 e. The number of thiazole rings is 1. The van der Waals surface area contributed by atoms with Crippen LogP contribution in [0.2, 0.25) is 0 Å². The van der Waals surface area contributed by atoms with Crippen LogP contribution >= 0.6 is 11.3 Å². The van der Waals surface area contributed by atoms with Gasteiger partial charge in [-0.15, -0.1) is 11.3 Å². The maximum atomic E-state index is 10.2. The minimum absolute atomic E-state index is 0.131. The maximum absolute atomic E-state index is 10.2. The third kappa shape index (κ3) is 2.02. The van der Waals surface area contributed by atoms with Crippen molar-refractivity contribution in [3.05, 3.63) is 45.4 Å². The number of aromatic nitrogens is 1. The Bertz CT molecular complexity index is 579. The van der Waals surface area contributed by atoms with E-state index in [1.54, 1.807) is 11.3 Å². The molecular formula is C14H15NO2S. The first kappa shape index (κ1) is 11.7. The molecule has 0 bridgehead atoms. The number of rotatable bonds is 1. The van der Waals surface area contributed by atoms with Crippen LogP contribution in [-0.4, -0.2) is 10.1 Å². The molecule has 0 saturated carbocycles. The van der Waals surface area contributed by atoms with E-state index in [4.69, 9.17) is 4.74 Å². The normalized spacial score (nSPS) is 22.4. The standard InChI is InChI=1S/C14H15NO2S/c1-8-3-4-12-10(5-8)11(16)6-13(17-12)14-15-9(2)7-18-14/h3-5,7,11,13,16H,6H2,1-2H3/t11-,13?/m1/s1. The van der Waals surface area contributed by atoms with E-state index in [0.717, 1.165) is 27.6 Å². The number of fused-ring (bicyclic) bond motifs is 1. The molecule has 2 heterocycles. The summed E-state index contributed by atoms with van der Waals surface area (Å²) in [7, 11) is 0. The Kier molecular flexibility index (Phi) is 2.84. The number of hydrogen-bond acceptors (Lipinski definition) is 4. The average molecular weight is 261 g/mol. The van der Waals surface area contributed by atoms with Crippen molar-refractivity contribution in [2.24, 2.45) is 0 Å². The van der Waals surface area contributed by atoms with Gasteiger partial charge in [0, 0.05) is 23.1 Å². The summed E-state index contributed by atoms with van der Waals surface area (Å²) in [4.78, 5) is 4.44. The fourth-order valence-electron chi connectivity index (χ4n) is 2.24. The van der Waals surface area contributed by atoms with Crippen molar-refractivity contribution < 1.29 is 9.84 Å². The highest BCUT2D eigenvalue weighted by molar-refractivity contribution is 7.09. The van der Waals surface area contributed by atoms with Crippen LogP contribution in [0.1, 0.15) is 40.5 Å². The van der Waals surface area contributed by atoms with E-state index < -0.39 is 6.10 Å². The van der Waals surface area contributed by atoms with Crippen molar-refractivity contribution in [3.8, 4) is 5.75 Å². The molecule has 1 unspecified atom stereocenters. The Balaban J connectivity index is 1.94. The lowest BCUT2D eigenvalue weighted by atomic mass is 9.97. The first-order chi connectivity index (χ1) is 8.63. The van der Waals surface area contributed by atoms with Crippen LogP contribution in [0.15, 0.2) is 23.6 Å². The zero-order valence-corrected chi connectivity index (χ0v) is 11.2. The van der Waals surface area contributed by atoms with Gasteiger partial charge in [-0.3, -0.25) is 0 Å². The topological polar surface area (TPSA) is 42.4 Å². The number of nitrogens with zero attached hydrogens (tertiary/aromatic N) is 1. The summed E-state index contributed by atoms with van der Waals surface area (Å²) in [5, 5.41) is 13.2. The van der Waals surface area contributed by atoms with Crippen molar-refractivity contribution in [2.45, 2.75) is 32.5 Å². The van der Waals surface area contributed by atoms with Gasteiger partial charge in [-0.05, 0) is 26.0 Å². The van der Waals surface area contributed by atoms with Crippen molar-refractivity contribution in [2.75, 3.05) is 0 Å². The molecule has 4 heteroatoms. The minimum Gasteiger partial charge on any atom is -0.483 e. The first-order valence-electron chi connectivity index (χ1n) is 6.01. The van der Waals surface area contributed by atoms with Gasteiger partial charge in [0.25, 0.3) is 0 Å². The number of ether oxygens (including phenoxy) is 1. The average Bonchev–Trinajstić information content (AvgIpc) is 2.77. The number of aliphatic hydroxyl groups is 1. The van der Waals surface area contributed by atoms with E-state index in [-0.39, 0.29) is 6.10 Å². The van der Waals surface area contributed by atoms with E-state index >= 15 is 0 Å². The molecule has 1 N–H and O–H groups in total. The first-order valence-corrected chi connectivity index (χ1v) is 6.89. The number of benzene rings is 1. The SMILES string of the molecule is Cc1ccc2c(c1)[C@H](O)CC(c1nc(C)cs1)O2. The van der Waals surface area contributed by atoms with Gasteiger partial charge in [0.1, 0.15) is 10.8 Å². The fraction of sp³-hybridized carbons (Fsp3) is 0.357. The van der Waals surface area contributed by atoms with Crippen LogP contribution in [0, 0.1) is 13.8 Å². The van der Waals surface area contributed by atoms with Gasteiger partial charge >= 0.3 is 0 Å². The Morgan fingerprint density at radius 1 is 1.39 bits per heavy atom. The van der Waals surface area contributed by atoms with Crippen molar-refractivity contribution >= 4 is 11.3 Å². The third-order valence-corrected chi connectivity index (χ3v) is 4.20. The second-order valence-corrected chi connectivity index (χ2v) is 5.62. The molecule has 0 fully saturated rings. The van der Waals surface area contributed by atoms with E-state index in [2.05, 4.69) is 4.98 Å². The van der Waals surface area contributed by atoms with Crippen molar-refractivity contribution in [1.82, 2.24) is 4.98 Å². The summed E-state index contributed by atoms with van der Waals surface area (Å²) in [5.74, 6) is 0.775. The number of aryl methyl sites for hydroxylation is 2. The van der Waals surface area contributed by atoms with Crippen LogP contribution in [0.5, 0.6) is 5.75 Å². The summed E-state index contributed by atoms with van der Waals surface area (Å²) in [6.07, 6.45) is -0.0274. The predicted octanol–water partition coefficient (Wildman–Crippen LogP) is 3.32. The minimum atomic E-state index is -0.470. The highest BCUT2D eigenvalue weighted by atomic mass is 32.1. The van der Waals surface area contributed by atoms with Crippen LogP contribution in [0.4, 0.5) is 0 Å². The lowest BCUT2D eigenvalue weighted by Gasteiger charge is -2.28. The molecule has 1 aliphatic heterocycles. The van der Waals surface area contributed by atoms with Crippen LogP contribution in [-0.2, 0) is 0 Å². The number of aliphatic hydroxyl groups excluding tert-OH is 1. The van der Waals surface area contributed by atoms with E-state index in [1.807, 2.05) is 37.4 Å². The van der Waals surface area contributed by atoms with E-state index in [1.165, 1.54) is 0 Å². The second kappa shape index (κ2) is 4.37. The fourth-order valence-corrected chi connectivity index (χ4v) is 3.07. The quantitative estimate of drug-likeness (QED) is 0.856. The van der Waals surface area contributed by atoms with Crippen LogP contribution in [0.25, 0.3) is 0 Å². The lowest BCUT2D eigenvalue weighted by molar-refractivity contribution is 0.0655. The summed E-state index contributed by atoms with van der Waals surface area (Å²) in [6, 6.07) is 5.92. The molecule has 3 nitrogen and oxygen atoms in total. The molecule has 0 spiro atoms. The molecule has 18 heavy (non-hydrogen) atoms. The van der Waals surface area contributed by atoms with Gasteiger partial charge in [-0.2, -0.15) is 0 Å². The Morgan fingerprint density at radius 3 is 2.94 bits per heavy atom. The molecular weight excluding hydrogens is 246 g/mol. The van der Waals surface area contributed by atoms with Gasteiger partial charge in [0.05, 0.1) is 6.10 Å². The Morgan fingerprint density at radius 2 is 2.22 bits per heavy atom. The predicted molar refractivity (Wildman–Crippen MR) is 71.0 cm³/mol. The Hall–Kier alpha value is -1.39. The summed E-state index contributed by atoms with van der Waals surface area (Å²) < 4.78 is 5.94. The molecule has 0 amide bonds. The van der Waals surface area contributed by atoms with Crippen LogP contribution in [0.3, 0.4) is 0 Å². The summed E-state index contributed by atoms with van der Waals surface area (Å²) in [6.45, 7) is 3.99. The van der Waals surface area contributed by atoms with Gasteiger partial charge in [-0.25, -0.2) is 4.98 Å². The molecule has 1 aliphatic rings. The smallest absolute Gasteiger partial charge is 0.153 e. The third-order valence-electron chi connectivity index (χ3n) is 3.14. The molecule has 2 aromatic rings. The second-order valence-electron chi connectivity index (χ2n) is 4.73. The van der Waals surface area contributed by atoms with Crippen LogP contribution < -0.4 is 4.74 Å². The molecule has 0 radical (unpaired) electrons. The molecule has 1 aromatic heterocycles. The molecule has 2 atom stereocenters. The zero-order chi connectivity index (χ0) is 12.7. The molecule has 0 saturated heterocycles. The molecule has 3 rings (SSSR count).